The topological polar surface area (TPSA) is 56.7 Å². The molecule has 0 heterocycles. The number of likely N-dealkylation sites (N-methyl/N-ethyl adjacent to an activating group) is 1. The van der Waals surface area contributed by atoms with Crippen LogP contribution in [0.1, 0.15) is 46.0 Å². The van der Waals surface area contributed by atoms with Crippen molar-refractivity contribution in [2.45, 2.75) is 58.0 Å². The first-order valence-electron chi connectivity index (χ1n) is 7.30. The van der Waals surface area contributed by atoms with E-state index < -0.39 is 0 Å². The molecule has 0 aromatic carbocycles. The zero-order valence-corrected chi connectivity index (χ0v) is 15.4. The first-order chi connectivity index (χ1) is 9.02. The van der Waals surface area contributed by atoms with Crippen molar-refractivity contribution < 1.29 is 4.79 Å². The van der Waals surface area contributed by atoms with E-state index in [0.29, 0.717) is 12.1 Å². The number of hydrogen-bond donors (Lipinski definition) is 2. The van der Waals surface area contributed by atoms with E-state index in [1.807, 2.05) is 0 Å². The average molecular weight is 396 g/mol. The van der Waals surface area contributed by atoms with E-state index >= 15 is 0 Å². The van der Waals surface area contributed by atoms with E-state index in [-0.39, 0.29) is 36.4 Å². The van der Waals surface area contributed by atoms with E-state index in [0.717, 1.165) is 12.4 Å². The first-order valence-corrected chi connectivity index (χ1v) is 7.30. The van der Waals surface area contributed by atoms with Crippen LogP contribution < -0.4 is 10.6 Å². The lowest BCUT2D eigenvalue weighted by molar-refractivity contribution is -0.127. The van der Waals surface area contributed by atoms with Gasteiger partial charge in [-0.2, -0.15) is 0 Å². The minimum absolute atomic E-state index is 0. The molecule has 1 fully saturated rings. The van der Waals surface area contributed by atoms with Crippen molar-refractivity contribution in [2.75, 3.05) is 20.6 Å². The van der Waals surface area contributed by atoms with Crippen LogP contribution in [-0.4, -0.2) is 49.5 Å². The Morgan fingerprint density at radius 2 is 1.95 bits per heavy atom. The van der Waals surface area contributed by atoms with Crippen molar-refractivity contribution >= 4 is 35.8 Å². The average Bonchev–Trinajstić information content (AvgIpc) is 2.87. The van der Waals surface area contributed by atoms with Gasteiger partial charge in [0.05, 0.1) is 0 Å². The van der Waals surface area contributed by atoms with Crippen LogP contribution in [0.4, 0.5) is 0 Å². The molecule has 5 nitrogen and oxygen atoms in total. The third-order valence-corrected chi connectivity index (χ3v) is 3.56. The fourth-order valence-electron chi connectivity index (χ4n) is 2.02. The summed E-state index contributed by atoms with van der Waals surface area (Å²) in [6, 6.07) is 0.867. The van der Waals surface area contributed by atoms with E-state index in [1.54, 1.807) is 19.0 Å². The summed E-state index contributed by atoms with van der Waals surface area (Å²) in [5.41, 5.74) is 0. The van der Waals surface area contributed by atoms with Gasteiger partial charge in [0, 0.05) is 26.2 Å². The fraction of sp³-hybridized carbons (Fsp3) is 0.857. The summed E-state index contributed by atoms with van der Waals surface area (Å²) in [5.74, 6) is 0.799. The lowest BCUT2D eigenvalue weighted by Gasteiger charge is -2.20. The maximum Gasteiger partial charge on any atom is 0.243 e. The highest BCUT2D eigenvalue weighted by Gasteiger charge is 2.17. The Morgan fingerprint density at radius 3 is 2.45 bits per heavy atom. The maximum absolute atomic E-state index is 11.6. The molecular formula is C14H29IN4O. The summed E-state index contributed by atoms with van der Waals surface area (Å²) in [7, 11) is 3.51. The Hall–Kier alpha value is -0.530. The second-order valence-electron chi connectivity index (χ2n) is 5.53. The highest BCUT2D eigenvalue weighted by atomic mass is 127. The summed E-state index contributed by atoms with van der Waals surface area (Å²) in [5, 5.41) is 6.80. The largest absolute Gasteiger partial charge is 0.354 e. The molecular weight excluding hydrogens is 367 g/mol. The summed E-state index contributed by atoms with van der Waals surface area (Å²) < 4.78 is 0. The predicted molar refractivity (Wildman–Crippen MR) is 94.7 cm³/mol. The molecule has 1 aliphatic carbocycles. The minimum Gasteiger partial charge on any atom is -0.354 e. The molecule has 0 aromatic heterocycles. The lowest BCUT2D eigenvalue weighted by atomic mass is 10.2. The van der Waals surface area contributed by atoms with Gasteiger partial charge in [0.2, 0.25) is 5.91 Å². The number of halogens is 1. The van der Waals surface area contributed by atoms with Crippen molar-refractivity contribution in [1.29, 1.82) is 0 Å². The predicted octanol–water partition coefficient (Wildman–Crippen LogP) is 1.97. The molecule has 2 N–H and O–H groups in total. The van der Waals surface area contributed by atoms with Gasteiger partial charge in [-0.15, -0.1) is 24.0 Å². The third-order valence-electron chi connectivity index (χ3n) is 3.56. The second kappa shape index (κ2) is 10.2. The van der Waals surface area contributed by atoms with Crippen LogP contribution in [0.2, 0.25) is 0 Å². The van der Waals surface area contributed by atoms with Crippen LogP contribution in [0.3, 0.4) is 0 Å². The molecule has 0 aromatic rings. The van der Waals surface area contributed by atoms with Gasteiger partial charge in [0.15, 0.2) is 5.96 Å². The smallest absolute Gasteiger partial charge is 0.243 e. The first kappa shape index (κ1) is 19.5. The Kier molecular flexibility index (Phi) is 9.96. The molecule has 1 amide bonds. The molecule has 20 heavy (non-hydrogen) atoms. The zero-order valence-electron chi connectivity index (χ0n) is 13.1. The molecule has 0 aliphatic heterocycles. The van der Waals surface area contributed by atoms with Gasteiger partial charge in [0.1, 0.15) is 6.54 Å². The standard InChI is InChI=1S/C14H28N4O.HI/c1-5-11(2)16-14(15-10-13(19)18(3)4)17-12-8-6-7-9-12;/h11-12H,5-10H2,1-4H3,(H2,15,16,17);1H. The Labute approximate surface area is 140 Å². The highest BCUT2D eigenvalue weighted by molar-refractivity contribution is 14.0. The van der Waals surface area contributed by atoms with Crippen LogP contribution in [0, 0.1) is 0 Å². The SMILES string of the molecule is CCC(C)NC(=NCC(=O)N(C)C)NC1CCCC1.I. The molecule has 1 aliphatic rings. The summed E-state index contributed by atoms with van der Waals surface area (Å²) in [6.07, 6.45) is 5.99. The Morgan fingerprint density at radius 1 is 1.35 bits per heavy atom. The summed E-state index contributed by atoms with van der Waals surface area (Å²) in [4.78, 5) is 17.6. The summed E-state index contributed by atoms with van der Waals surface area (Å²) in [6.45, 7) is 4.46. The van der Waals surface area contributed by atoms with Crippen molar-refractivity contribution in [2.24, 2.45) is 4.99 Å². The van der Waals surface area contributed by atoms with Crippen LogP contribution in [-0.2, 0) is 4.79 Å². The number of amides is 1. The van der Waals surface area contributed by atoms with E-state index in [1.165, 1.54) is 25.7 Å². The molecule has 0 bridgehead atoms. The fourth-order valence-corrected chi connectivity index (χ4v) is 2.02. The number of hydrogen-bond acceptors (Lipinski definition) is 2. The zero-order chi connectivity index (χ0) is 14.3. The Bertz CT molecular complexity index is 314. The highest BCUT2D eigenvalue weighted by Crippen LogP contribution is 2.17. The van der Waals surface area contributed by atoms with E-state index in [4.69, 9.17) is 0 Å². The normalized spacial score (nSPS) is 17.3. The molecule has 0 radical (unpaired) electrons. The monoisotopic (exact) mass is 396 g/mol. The molecule has 0 spiro atoms. The quantitative estimate of drug-likeness (QED) is 0.425. The maximum atomic E-state index is 11.6. The van der Waals surface area contributed by atoms with Crippen molar-refractivity contribution in [3.05, 3.63) is 0 Å². The Balaban J connectivity index is 0.00000361. The molecule has 1 saturated carbocycles. The van der Waals surface area contributed by atoms with Crippen LogP contribution in [0.25, 0.3) is 0 Å². The van der Waals surface area contributed by atoms with E-state index in [2.05, 4.69) is 29.5 Å². The third kappa shape index (κ3) is 7.31. The number of carbonyl (C=O) groups excluding carboxylic acids is 1. The molecule has 1 atom stereocenters. The molecule has 118 valence electrons. The summed E-state index contributed by atoms with van der Waals surface area (Å²) >= 11 is 0. The van der Waals surface area contributed by atoms with Crippen LogP contribution >= 0.6 is 24.0 Å². The van der Waals surface area contributed by atoms with Crippen LogP contribution in [0.5, 0.6) is 0 Å². The van der Waals surface area contributed by atoms with Gasteiger partial charge >= 0.3 is 0 Å². The molecule has 6 heteroatoms. The van der Waals surface area contributed by atoms with Gasteiger partial charge in [-0.1, -0.05) is 19.8 Å². The number of nitrogens with one attached hydrogen (secondary N) is 2. The van der Waals surface area contributed by atoms with E-state index in [9.17, 15) is 4.79 Å². The number of aliphatic imine (C=N–C) groups is 1. The van der Waals surface area contributed by atoms with Gasteiger partial charge in [-0.25, -0.2) is 4.99 Å². The number of carbonyl (C=O) groups is 1. The van der Waals surface area contributed by atoms with Gasteiger partial charge < -0.3 is 15.5 Å². The van der Waals surface area contributed by atoms with Crippen molar-refractivity contribution in [3.8, 4) is 0 Å². The number of nitrogens with zero attached hydrogens (tertiary/aromatic N) is 2. The van der Waals surface area contributed by atoms with Gasteiger partial charge in [0.25, 0.3) is 0 Å². The van der Waals surface area contributed by atoms with Crippen LogP contribution in [0.15, 0.2) is 4.99 Å². The van der Waals surface area contributed by atoms with Crippen molar-refractivity contribution in [3.63, 3.8) is 0 Å². The minimum atomic E-state index is 0. The number of guanidine groups is 1. The molecule has 0 saturated heterocycles. The second-order valence-corrected chi connectivity index (χ2v) is 5.53. The molecule has 1 rings (SSSR count). The van der Waals surface area contributed by atoms with Gasteiger partial charge in [-0.05, 0) is 26.2 Å². The van der Waals surface area contributed by atoms with Gasteiger partial charge in [-0.3, -0.25) is 4.79 Å². The number of rotatable bonds is 5. The molecule has 1 unspecified atom stereocenters. The van der Waals surface area contributed by atoms with Crippen molar-refractivity contribution in [1.82, 2.24) is 15.5 Å². The lowest BCUT2D eigenvalue weighted by Crippen LogP contribution is -2.46.